The van der Waals surface area contributed by atoms with Gasteiger partial charge in [0.25, 0.3) is 5.91 Å². The molecule has 2 heterocycles. The number of carbonyl (C=O) groups is 1. The normalized spacial score (nSPS) is 17.4. The molecule has 0 aromatic heterocycles. The van der Waals surface area contributed by atoms with E-state index in [2.05, 4.69) is 16.8 Å². The molecule has 0 saturated carbocycles. The Morgan fingerprint density at radius 2 is 1.61 bits per heavy atom. The minimum Gasteiger partial charge on any atom is -0.494 e. The third-order valence-electron chi connectivity index (χ3n) is 7.08. The van der Waals surface area contributed by atoms with Gasteiger partial charge in [-0.05, 0) is 93.0 Å². The summed E-state index contributed by atoms with van der Waals surface area (Å²) in [6, 6.07) is 22.4. The second-order valence-electron chi connectivity index (χ2n) is 10.2. The SMILES string of the molecule is CN1CCN(CCCCCOc2cccc(N3C(=O)C(=Cc4ccc(Oc5ccc(Cl)cc5)cc4)SC3=S)c2)CC1. The van der Waals surface area contributed by atoms with Gasteiger partial charge in [-0.2, -0.15) is 0 Å². The van der Waals surface area contributed by atoms with Crippen LogP contribution < -0.4 is 14.4 Å². The molecule has 1 amide bonds. The number of anilines is 1. The minimum atomic E-state index is -0.137. The maximum atomic E-state index is 13.3. The highest BCUT2D eigenvalue weighted by molar-refractivity contribution is 8.27. The molecule has 0 spiro atoms. The van der Waals surface area contributed by atoms with Crippen molar-refractivity contribution < 1.29 is 14.3 Å². The Labute approximate surface area is 256 Å². The first-order valence-electron chi connectivity index (χ1n) is 13.9. The number of piperazine rings is 1. The van der Waals surface area contributed by atoms with Crippen LogP contribution in [0, 0.1) is 0 Å². The number of thioether (sulfide) groups is 1. The predicted octanol–water partition coefficient (Wildman–Crippen LogP) is 7.33. The second kappa shape index (κ2) is 14.3. The first kappa shape index (κ1) is 29.6. The van der Waals surface area contributed by atoms with Crippen molar-refractivity contribution in [3.63, 3.8) is 0 Å². The summed E-state index contributed by atoms with van der Waals surface area (Å²) >= 11 is 12.8. The van der Waals surface area contributed by atoms with Gasteiger partial charge >= 0.3 is 0 Å². The Kier molecular flexibility index (Phi) is 10.4. The average Bonchev–Trinajstić information content (AvgIpc) is 3.26. The molecular weight excluding hydrogens is 574 g/mol. The van der Waals surface area contributed by atoms with Gasteiger partial charge in [-0.15, -0.1) is 0 Å². The highest BCUT2D eigenvalue weighted by atomic mass is 35.5. The van der Waals surface area contributed by atoms with Crippen molar-refractivity contribution in [2.24, 2.45) is 0 Å². The molecule has 2 aliphatic rings. The molecule has 214 valence electrons. The maximum Gasteiger partial charge on any atom is 0.270 e. The van der Waals surface area contributed by atoms with Gasteiger partial charge in [-0.3, -0.25) is 9.69 Å². The van der Waals surface area contributed by atoms with Crippen LogP contribution in [0.3, 0.4) is 0 Å². The molecule has 2 aliphatic heterocycles. The van der Waals surface area contributed by atoms with Gasteiger partial charge in [-0.1, -0.05) is 53.8 Å². The maximum absolute atomic E-state index is 13.3. The van der Waals surface area contributed by atoms with Crippen LogP contribution in [0.15, 0.2) is 77.7 Å². The van der Waals surface area contributed by atoms with Crippen LogP contribution in [0.2, 0.25) is 5.02 Å². The van der Waals surface area contributed by atoms with Crippen molar-refractivity contribution in [2.75, 3.05) is 51.3 Å². The standard InChI is InChI=1S/C32H34ClN3O3S2/c1-34-17-19-35(20-18-34)16-3-2-4-21-38-29-7-5-6-26(23-29)36-31(37)30(41-32(36)40)22-24-8-12-27(13-9-24)39-28-14-10-25(33)11-15-28/h5-15,22-23H,2-4,16-21H2,1H3. The van der Waals surface area contributed by atoms with E-state index < -0.39 is 0 Å². The smallest absolute Gasteiger partial charge is 0.270 e. The van der Waals surface area contributed by atoms with Crippen molar-refractivity contribution in [2.45, 2.75) is 19.3 Å². The van der Waals surface area contributed by atoms with Crippen molar-refractivity contribution in [1.82, 2.24) is 9.80 Å². The molecule has 3 aromatic rings. The summed E-state index contributed by atoms with van der Waals surface area (Å²) in [5, 5.41) is 0.659. The van der Waals surface area contributed by atoms with Crippen molar-refractivity contribution in [1.29, 1.82) is 0 Å². The van der Waals surface area contributed by atoms with Gasteiger partial charge in [-0.25, -0.2) is 0 Å². The summed E-state index contributed by atoms with van der Waals surface area (Å²) in [5.74, 6) is 2.01. The largest absolute Gasteiger partial charge is 0.494 e. The molecule has 2 saturated heterocycles. The number of likely N-dealkylation sites (N-methyl/N-ethyl adjacent to an activating group) is 1. The summed E-state index contributed by atoms with van der Waals surface area (Å²) < 4.78 is 12.4. The number of carbonyl (C=O) groups excluding carboxylic acids is 1. The van der Waals surface area contributed by atoms with Crippen LogP contribution in [0.1, 0.15) is 24.8 Å². The highest BCUT2D eigenvalue weighted by Gasteiger charge is 2.33. The van der Waals surface area contributed by atoms with Crippen molar-refractivity contribution in [3.8, 4) is 17.2 Å². The molecule has 41 heavy (non-hydrogen) atoms. The molecule has 3 aromatic carbocycles. The van der Waals surface area contributed by atoms with Crippen molar-refractivity contribution in [3.05, 3.63) is 88.3 Å². The minimum absolute atomic E-state index is 0.137. The van der Waals surface area contributed by atoms with E-state index in [0.29, 0.717) is 32.4 Å². The van der Waals surface area contributed by atoms with Crippen LogP contribution >= 0.6 is 35.6 Å². The van der Waals surface area contributed by atoms with E-state index in [9.17, 15) is 4.79 Å². The number of unbranched alkanes of at least 4 members (excludes halogenated alkanes) is 2. The third kappa shape index (κ3) is 8.33. The number of hydrogen-bond acceptors (Lipinski definition) is 7. The number of amides is 1. The fourth-order valence-corrected chi connectivity index (χ4v) is 6.13. The number of benzene rings is 3. The van der Waals surface area contributed by atoms with Crippen LogP contribution in [0.5, 0.6) is 17.2 Å². The zero-order valence-corrected chi connectivity index (χ0v) is 25.5. The number of nitrogens with zero attached hydrogens (tertiary/aromatic N) is 3. The lowest BCUT2D eigenvalue weighted by molar-refractivity contribution is -0.113. The zero-order valence-electron chi connectivity index (χ0n) is 23.1. The Bertz CT molecular complexity index is 1370. The van der Waals surface area contributed by atoms with E-state index in [1.54, 1.807) is 17.0 Å². The van der Waals surface area contributed by atoms with Crippen LogP contribution in [-0.4, -0.2) is 66.4 Å². The fraction of sp³-hybridized carbons (Fsp3) is 0.312. The molecule has 2 fully saturated rings. The van der Waals surface area contributed by atoms with E-state index >= 15 is 0 Å². The summed E-state index contributed by atoms with van der Waals surface area (Å²) in [6.07, 6.45) is 5.19. The molecule has 0 atom stereocenters. The topological polar surface area (TPSA) is 45.2 Å². The van der Waals surface area contributed by atoms with E-state index in [1.165, 1.54) is 31.3 Å². The van der Waals surface area contributed by atoms with Gasteiger partial charge in [0.2, 0.25) is 0 Å². The molecule has 0 unspecified atom stereocenters. The van der Waals surface area contributed by atoms with E-state index in [0.717, 1.165) is 49.5 Å². The number of thiocarbonyl (C=S) groups is 1. The van der Waals surface area contributed by atoms with Gasteiger partial charge in [0, 0.05) is 37.3 Å². The lowest BCUT2D eigenvalue weighted by Gasteiger charge is -2.32. The molecule has 5 rings (SSSR count). The molecule has 0 N–H and O–H groups in total. The number of halogens is 1. The van der Waals surface area contributed by atoms with E-state index in [-0.39, 0.29) is 5.91 Å². The Morgan fingerprint density at radius 1 is 0.902 bits per heavy atom. The highest BCUT2D eigenvalue weighted by Crippen LogP contribution is 2.37. The Balaban J connectivity index is 1.12. The number of rotatable bonds is 11. The van der Waals surface area contributed by atoms with Crippen LogP contribution in [-0.2, 0) is 4.79 Å². The molecule has 0 radical (unpaired) electrons. The first-order valence-corrected chi connectivity index (χ1v) is 15.5. The fourth-order valence-electron chi connectivity index (χ4n) is 4.70. The summed E-state index contributed by atoms with van der Waals surface area (Å²) in [5.41, 5.74) is 1.61. The third-order valence-corrected chi connectivity index (χ3v) is 8.63. The summed E-state index contributed by atoms with van der Waals surface area (Å²) in [7, 11) is 2.19. The molecule has 9 heteroatoms. The second-order valence-corrected chi connectivity index (χ2v) is 12.3. The molecular formula is C32H34ClN3O3S2. The lowest BCUT2D eigenvalue weighted by atomic mass is 10.2. The first-order chi connectivity index (χ1) is 19.9. The average molecular weight is 608 g/mol. The van der Waals surface area contributed by atoms with Gasteiger partial charge < -0.3 is 19.3 Å². The Morgan fingerprint density at radius 3 is 2.34 bits per heavy atom. The number of hydrogen-bond donors (Lipinski definition) is 0. The zero-order chi connectivity index (χ0) is 28.6. The van der Waals surface area contributed by atoms with E-state index in [4.69, 9.17) is 33.3 Å². The van der Waals surface area contributed by atoms with Crippen LogP contribution in [0.25, 0.3) is 6.08 Å². The van der Waals surface area contributed by atoms with Crippen LogP contribution in [0.4, 0.5) is 5.69 Å². The lowest BCUT2D eigenvalue weighted by Crippen LogP contribution is -2.44. The molecule has 0 aliphatic carbocycles. The van der Waals surface area contributed by atoms with E-state index in [1.807, 2.05) is 66.7 Å². The Hall–Kier alpha value is -2.88. The quantitative estimate of drug-likeness (QED) is 0.128. The van der Waals surface area contributed by atoms with Gasteiger partial charge in [0.1, 0.15) is 17.2 Å². The summed E-state index contributed by atoms with van der Waals surface area (Å²) in [4.78, 5) is 20.4. The summed E-state index contributed by atoms with van der Waals surface area (Å²) in [6.45, 7) is 6.46. The predicted molar refractivity (Wildman–Crippen MR) is 173 cm³/mol. The molecule has 0 bridgehead atoms. The van der Waals surface area contributed by atoms with Crippen molar-refractivity contribution >= 4 is 57.6 Å². The molecule has 6 nitrogen and oxygen atoms in total. The monoisotopic (exact) mass is 607 g/mol. The van der Waals surface area contributed by atoms with Gasteiger partial charge in [0.15, 0.2) is 4.32 Å². The van der Waals surface area contributed by atoms with Gasteiger partial charge in [0.05, 0.1) is 17.2 Å². The number of ether oxygens (including phenoxy) is 2.